The van der Waals surface area contributed by atoms with E-state index in [9.17, 15) is 13.2 Å². The number of rotatable bonds is 4. The Morgan fingerprint density at radius 3 is 2.73 bits per heavy atom. The van der Waals surface area contributed by atoms with Crippen molar-refractivity contribution in [3.05, 3.63) is 0 Å². The predicted molar refractivity (Wildman–Crippen MR) is 58.0 cm³/mol. The number of carbonyl (C=O) groups excluding carboxylic acids is 1. The van der Waals surface area contributed by atoms with Crippen LogP contribution in [-0.2, 0) is 14.6 Å². The van der Waals surface area contributed by atoms with Gasteiger partial charge >= 0.3 is 0 Å². The Hall–Kier alpha value is -0.620. The summed E-state index contributed by atoms with van der Waals surface area (Å²) >= 11 is 0. The van der Waals surface area contributed by atoms with E-state index < -0.39 is 9.84 Å². The van der Waals surface area contributed by atoms with Gasteiger partial charge in [0, 0.05) is 19.0 Å². The molecule has 15 heavy (non-hydrogen) atoms. The zero-order valence-corrected chi connectivity index (χ0v) is 9.72. The summed E-state index contributed by atoms with van der Waals surface area (Å²) in [5, 5.41) is 2.68. The molecule has 0 aromatic heterocycles. The van der Waals surface area contributed by atoms with Gasteiger partial charge < -0.3 is 11.1 Å². The van der Waals surface area contributed by atoms with Crippen molar-refractivity contribution < 1.29 is 13.2 Å². The molecular weight excluding hydrogens is 216 g/mol. The van der Waals surface area contributed by atoms with Crippen LogP contribution in [0.3, 0.4) is 0 Å². The molecule has 0 aliphatic carbocycles. The van der Waals surface area contributed by atoms with Gasteiger partial charge in [0.2, 0.25) is 5.91 Å². The molecule has 0 saturated carbocycles. The molecular formula is C9H18N2O3S. The van der Waals surface area contributed by atoms with Crippen LogP contribution in [-0.4, -0.2) is 38.4 Å². The van der Waals surface area contributed by atoms with Crippen LogP contribution in [0, 0.1) is 5.92 Å². The van der Waals surface area contributed by atoms with Crippen molar-refractivity contribution in [1.82, 2.24) is 5.32 Å². The number of carbonyl (C=O) groups is 1. The molecule has 1 aliphatic heterocycles. The van der Waals surface area contributed by atoms with Crippen LogP contribution in [0.5, 0.6) is 0 Å². The van der Waals surface area contributed by atoms with Gasteiger partial charge in [-0.05, 0) is 19.3 Å². The molecule has 1 aliphatic rings. The molecule has 1 amide bonds. The minimum absolute atomic E-state index is 0.0110. The molecule has 6 heteroatoms. The summed E-state index contributed by atoms with van der Waals surface area (Å²) < 4.78 is 22.3. The van der Waals surface area contributed by atoms with Crippen LogP contribution in [0.2, 0.25) is 0 Å². The molecule has 0 bridgehead atoms. The largest absolute Gasteiger partial charge is 0.355 e. The quantitative estimate of drug-likeness (QED) is 0.671. The van der Waals surface area contributed by atoms with E-state index >= 15 is 0 Å². The van der Waals surface area contributed by atoms with Gasteiger partial charge in [-0.3, -0.25) is 4.79 Å². The molecule has 1 rings (SSSR count). The minimum Gasteiger partial charge on any atom is -0.355 e. The molecule has 0 aromatic rings. The fourth-order valence-electron chi connectivity index (χ4n) is 1.64. The summed E-state index contributed by atoms with van der Waals surface area (Å²) in [7, 11) is -2.88. The fraction of sp³-hybridized carbons (Fsp3) is 0.889. The number of hydrogen-bond acceptors (Lipinski definition) is 4. The number of hydrogen-bond donors (Lipinski definition) is 2. The first-order valence-electron chi connectivity index (χ1n) is 5.12. The summed E-state index contributed by atoms with van der Waals surface area (Å²) in [6.07, 6.45) is 0.903. The molecule has 1 heterocycles. The Kier molecular flexibility index (Phi) is 4.10. The lowest BCUT2D eigenvalue weighted by molar-refractivity contribution is -0.121. The van der Waals surface area contributed by atoms with Crippen molar-refractivity contribution in [1.29, 1.82) is 0 Å². The van der Waals surface area contributed by atoms with E-state index in [4.69, 9.17) is 5.73 Å². The van der Waals surface area contributed by atoms with E-state index in [2.05, 4.69) is 5.32 Å². The maximum atomic E-state index is 11.4. The van der Waals surface area contributed by atoms with Crippen molar-refractivity contribution in [2.45, 2.75) is 25.8 Å². The van der Waals surface area contributed by atoms with Crippen molar-refractivity contribution in [2.75, 3.05) is 18.1 Å². The highest BCUT2D eigenvalue weighted by atomic mass is 32.2. The first kappa shape index (κ1) is 12.4. The summed E-state index contributed by atoms with van der Waals surface area (Å²) in [5.74, 6) is 0.258. The third-order valence-electron chi connectivity index (χ3n) is 2.42. The van der Waals surface area contributed by atoms with E-state index in [-0.39, 0.29) is 29.4 Å². The molecule has 0 spiro atoms. The molecule has 2 atom stereocenters. The van der Waals surface area contributed by atoms with Crippen LogP contribution in [0.4, 0.5) is 0 Å². The van der Waals surface area contributed by atoms with Crippen LogP contribution in [0.25, 0.3) is 0 Å². The van der Waals surface area contributed by atoms with Gasteiger partial charge in [0.05, 0.1) is 11.5 Å². The van der Waals surface area contributed by atoms with Gasteiger partial charge in [0.15, 0.2) is 9.84 Å². The smallest absolute Gasteiger partial charge is 0.220 e. The second kappa shape index (κ2) is 4.94. The van der Waals surface area contributed by atoms with Crippen LogP contribution < -0.4 is 11.1 Å². The standard InChI is InChI=1S/C9H18N2O3S/c1-7(10)5-11-9(12)4-8-2-3-15(13,14)6-8/h7-8H,2-6,10H2,1H3,(H,11,12). The van der Waals surface area contributed by atoms with E-state index in [1.165, 1.54) is 0 Å². The lowest BCUT2D eigenvalue weighted by Gasteiger charge is -2.10. The van der Waals surface area contributed by atoms with Crippen molar-refractivity contribution in [3.8, 4) is 0 Å². The average molecular weight is 234 g/mol. The van der Waals surface area contributed by atoms with Gasteiger partial charge in [-0.2, -0.15) is 0 Å². The Bertz CT molecular complexity index is 324. The molecule has 5 nitrogen and oxygen atoms in total. The highest BCUT2D eigenvalue weighted by molar-refractivity contribution is 7.91. The Balaban J connectivity index is 2.28. The molecule has 1 saturated heterocycles. The fourth-order valence-corrected chi connectivity index (χ4v) is 3.50. The topological polar surface area (TPSA) is 89.3 Å². The zero-order valence-electron chi connectivity index (χ0n) is 8.90. The van der Waals surface area contributed by atoms with Crippen molar-refractivity contribution in [2.24, 2.45) is 11.7 Å². The second-order valence-corrected chi connectivity index (χ2v) is 6.48. The van der Waals surface area contributed by atoms with Gasteiger partial charge in [-0.1, -0.05) is 0 Å². The van der Waals surface area contributed by atoms with Gasteiger partial charge in [-0.15, -0.1) is 0 Å². The van der Waals surface area contributed by atoms with Crippen molar-refractivity contribution >= 4 is 15.7 Å². The normalized spacial score (nSPS) is 26.1. The third-order valence-corrected chi connectivity index (χ3v) is 4.26. The molecule has 2 unspecified atom stereocenters. The van der Waals surface area contributed by atoms with Crippen LogP contribution in [0.1, 0.15) is 19.8 Å². The first-order valence-corrected chi connectivity index (χ1v) is 6.94. The average Bonchev–Trinajstić information content (AvgIpc) is 2.42. The minimum atomic E-state index is -2.88. The molecule has 3 N–H and O–H groups in total. The predicted octanol–water partition coefficient (Wildman–Crippen LogP) is -0.725. The molecule has 0 aromatic carbocycles. The zero-order chi connectivity index (χ0) is 11.5. The highest BCUT2D eigenvalue weighted by Crippen LogP contribution is 2.21. The Labute approximate surface area is 90.3 Å². The molecule has 88 valence electrons. The van der Waals surface area contributed by atoms with Gasteiger partial charge in [0.1, 0.15) is 0 Å². The Morgan fingerprint density at radius 1 is 1.60 bits per heavy atom. The number of nitrogens with one attached hydrogen (secondary N) is 1. The molecule has 1 fully saturated rings. The third kappa shape index (κ3) is 4.61. The Morgan fingerprint density at radius 2 is 2.27 bits per heavy atom. The van der Waals surface area contributed by atoms with Gasteiger partial charge in [-0.25, -0.2) is 8.42 Å². The SMILES string of the molecule is CC(N)CNC(=O)CC1CCS(=O)(=O)C1. The maximum Gasteiger partial charge on any atom is 0.220 e. The number of amides is 1. The van der Waals surface area contributed by atoms with E-state index in [1.54, 1.807) is 6.92 Å². The first-order chi connectivity index (χ1) is 6.89. The maximum absolute atomic E-state index is 11.4. The van der Waals surface area contributed by atoms with E-state index in [0.717, 1.165) is 0 Å². The lowest BCUT2D eigenvalue weighted by atomic mass is 10.1. The van der Waals surface area contributed by atoms with Crippen LogP contribution in [0.15, 0.2) is 0 Å². The van der Waals surface area contributed by atoms with E-state index in [1.807, 2.05) is 0 Å². The number of nitrogens with two attached hydrogens (primary N) is 1. The van der Waals surface area contributed by atoms with Crippen molar-refractivity contribution in [3.63, 3.8) is 0 Å². The monoisotopic (exact) mass is 234 g/mol. The summed E-state index contributed by atoms with van der Waals surface area (Å²) in [6.45, 7) is 2.25. The summed E-state index contributed by atoms with van der Waals surface area (Å²) in [4.78, 5) is 11.4. The summed E-state index contributed by atoms with van der Waals surface area (Å²) in [6, 6.07) is -0.0683. The number of sulfone groups is 1. The van der Waals surface area contributed by atoms with Crippen LogP contribution >= 0.6 is 0 Å². The highest BCUT2D eigenvalue weighted by Gasteiger charge is 2.29. The lowest BCUT2D eigenvalue weighted by Crippen LogP contribution is -2.36. The summed E-state index contributed by atoms with van der Waals surface area (Å²) in [5.41, 5.74) is 5.48. The second-order valence-electron chi connectivity index (χ2n) is 4.25. The van der Waals surface area contributed by atoms with E-state index in [0.29, 0.717) is 19.4 Å². The van der Waals surface area contributed by atoms with Gasteiger partial charge in [0.25, 0.3) is 0 Å². The molecule has 0 radical (unpaired) electrons.